The zero-order valence-electron chi connectivity index (χ0n) is 12.3. The molecular weight excluding hydrogens is 284 g/mol. The van der Waals surface area contributed by atoms with Crippen LogP contribution in [-0.4, -0.2) is 17.4 Å². The summed E-state index contributed by atoms with van der Waals surface area (Å²) in [4.78, 5) is 14.4. The molecule has 0 unspecified atom stereocenters. The van der Waals surface area contributed by atoms with E-state index in [2.05, 4.69) is 0 Å². The van der Waals surface area contributed by atoms with Gasteiger partial charge >= 0.3 is 0 Å². The fourth-order valence-corrected chi connectivity index (χ4v) is 2.29. The standard InChI is InChI=1S/C17H19ClN2O/c1-3-20(11-14-6-4-5-7-16(14)19)17(21)13-8-9-15(18)12(2)10-13/h4-10H,3,11,19H2,1-2H3. The summed E-state index contributed by atoms with van der Waals surface area (Å²) in [7, 11) is 0. The first-order valence-electron chi connectivity index (χ1n) is 6.91. The van der Waals surface area contributed by atoms with E-state index in [9.17, 15) is 4.79 Å². The van der Waals surface area contributed by atoms with Crippen LogP contribution in [0.5, 0.6) is 0 Å². The molecule has 0 heterocycles. The molecule has 0 aliphatic rings. The fourth-order valence-electron chi connectivity index (χ4n) is 2.17. The van der Waals surface area contributed by atoms with Crippen LogP contribution in [0.15, 0.2) is 42.5 Å². The lowest BCUT2D eigenvalue weighted by Crippen LogP contribution is -2.30. The van der Waals surface area contributed by atoms with Gasteiger partial charge in [-0.2, -0.15) is 0 Å². The van der Waals surface area contributed by atoms with Gasteiger partial charge < -0.3 is 10.6 Å². The van der Waals surface area contributed by atoms with Crippen molar-refractivity contribution in [2.24, 2.45) is 0 Å². The van der Waals surface area contributed by atoms with E-state index >= 15 is 0 Å². The Bertz CT molecular complexity index is 655. The van der Waals surface area contributed by atoms with E-state index in [0.29, 0.717) is 29.4 Å². The summed E-state index contributed by atoms with van der Waals surface area (Å²) in [6.07, 6.45) is 0. The molecular formula is C17H19ClN2O. The number of rotatable bonds is 4. The molecule has 0 radical (unpaired) electrons. The van der Waals surface area contributed by atoms with E-state index in [4.69, 9.17) is 17.3 Å². The number of anilines is 1. The van der Waals surface area contributed by atoms with Crippen molar-refractivity contribution in [3.63, 3.8) is 0 Å². The third-order valence-corrected chi connectivity index (χ3v) is 3.91. The second-order valence-electron chi connectivity index (χ2n) is 4.98. The average Bonchev–Trinajstić information content (AvgIpc) is 2.48. The first-order valence-corrected chi connectivity index (χ1v) is 7.29. The zero-order chi connectivity index (χ0) is 15.4. The summed E-state index contributed by atoms with van der Waals surface area (Å²) in [5, 5.41) is 0.668. The molecule has 0 saturated carbocycles. The van der Waals surface area contributed by atoms with E-state index < -0.39 is 0 Å². The molecule has 1 amide bonds. The van der Waals surface area contributed by atoms with Gasteiger partial charge in [0, 0.05) is 29.4 Å². The van der Waals surface area contributed by atoms with E-state index in [-0.39, 0.29) is 5.91 Å². The van der Waals surface area contributed by atoms with E-state index in [1.807, 2.05) is 44.2 Å². The third-order valence-electron chi connectivity index (χ3n) is 3.49. The largest absolute Gasteiger partial charge is 0.398 e. The van der Waals surface area contributed by atoms with Crippen LogP contribution in [0.25, 0.3) is 0 Å². The van der Waals surface area contributed by atoms with Gasteiger partial charge in [-0.1, -0.05) is 29.8 Å². The van der Waals surface area contributed by atoms with Crippen LogP contribution in [0.1, 0.15) is 28.4 Å². The van der Waals surface area contributed by atoms with Gasteiger partial charge in [-0.05, 0) is 49.2 Å². The number of carbonyl (C=O) groups is 1. The number of para-hydroxylation sites is 1. The molecule has 2 N–H and O–H groups in total. The Kier molecular flexibility index (Phi) is 4.86. The van der Waals surface area contributed by atoms with E-state index in [1.54, 1.807) is 17.0 Å². The van der Waals surface area contributed by atoms with E-state index in [0.717, 1.165) is 11.1 Å². The van der Waals surface area contributed by atoms with Gasteiger partial charge in [0.1, 0.15) is 0 Å². The predicted octanol–water partition coefficient (Wildman–Crippen LogP) is 3.89. The summed E-state index contributed by atoms with van der Waals surface area (Å²) >= 11 is 6.01. The first-order chi connectivity index (χ1) is 10.0. The maximum absolute atomic E-state index is 12.6. The molecule has 0 saturated heterocycles. The van der Waals surface area contributed by atoms with E-state index in [1.165, 1.54) is 0 Å². The van der Waals surface area contributed by atoms with Crippen molar-refractivity contribution in [3.8, 4) is 0 Å². The number of amides is 1. The third kappa shape index (κ3) is 3.56. The highest BCUT2D eigenvalue weighted by Crippen LogP contribution is 2.19. The minimum atomic E-state index is -0.0134. The lowest BCUT2D eigenvalue weighted by molar-refractivity contribution is 0.0753. The van der Waals surface area contributed by atoms with Crippen molar-refractivity contribution < 1.29 is 4.79 Å². The molecule has 110 valence electrons. The van der Waals surface area contributed by atoms with Crippen molar-refractivity contribution in [2.75, 3.05) is 12.3 Å². The monoisotopic (exact) mass is 302 g/mol. The Morgan fingerprint density at radius 1 is 1.24 bits per heavy atom. The molecule has 21 heavy (non-hydrogen) atoms. The molecule has 0 spiro atoms. The Hall–Kier alpha value is -2.00. The molecule has 0 fully saturated rings. The van der Waals surface area contributed by atoms with Crippen LogP contribution in [-0.2, 0) is 6.54 Å². The second kappa shape index (κ2) is 6.64. The molecule has 2 aromatic carbocycles. The number of carbonyl (C=O) groups excluding carboxylic acids is 1. The summed E-state index contributed by atoms with van der Waals surface area (Å²) in [5.41, 5.74) is 9.16. The average molecular weight is 303 g/mol. The highest BCUT2D eigenvalue weighted by atomic mass is 35.5. The van der Waals surface area contributed by atoms with Crippen LogP contribution >= 0.6 is 11.6 Å². The highest BCUT2D eigenvalue weighted by Gasteiger charge is 2.16. The number of aryl methyl sites for hydroxylation is 1. The zero-order valence-corrected chi connectivity index (χ0v) is 13.0. The first kappa shape index (κ1) is 15.4. The van der Waals surface area contributed by atoms with Crippen molar-refractivity contribution in [3.05, 3.63) is 64.2 Å². The van der Waals surface area contributed by atoms with Gasteiger partial charge in [0.2, 0.25) is 0 Å². The maximum Gasteiger partial charge on any atom is 0.254 e. The summed E-state index contributed by atoms with van der Waals surface area (Å²) in [6.45, 7) is 4.98. The highest BCUT2D eigenvalue weighted by molar-refractivity contribution is 6.31. The Morgan fingerprint density at radius 3 is 2.57 bits per heavy atom. The SMILES string of the molecule is CCN(Cc1ccccc1N)C(=O)c1ccc(Cl)c(C)c1. The van der Waals surface area contributed by atoms with Crippen molar-refractivity contribution in [1.82, 2.24) is 4.90 Å². The Balaban J connectivity index is 2.22. The Morgan fingerprint density at radius 2 is 1.95 bits per heavy atom. The summed E-state index contributed by atoms with van der Waals surface area (Å²) in [6, 6.07) is 12.9. The number of nitrogens with two attached hydrogens (primary N) is 1. The Labute approximate surface area is 130 Å². The number of hydrogen-bond acceptors (Lipinski definition) is 2. The summed E-state index contributed by atoms with van der Waals surface area (Å²) in [5.74, 6) is -0.0134. The van der Waals surface area contributed by atoms with Gasteiger partial charge in [0.15, 0.2) is 0 Å². The van der Waals surface area contributed by atoms with Crippen LogP contribution in [0.2, 0.25) is 5.02 Å². The fraction of sp³-hybridized carbons (Fsp3) is 0.235. The number of benzene rings is 2. The molecule has 0 atom stereocenters. The molecule has 0 aromatic heterocycles. The van der Waals surface area contributed by atoms with Gasteiger partial charge in [0.25, 0.3) is 5.91 Å². The second-order valence-corrected chi connectivity index (χ2v) is 5.39. The minimum Gasteiger partial charge on any atom is -0.398 e. The van der Waals surface area contributed by atoms with Crippen LogP contribution in [0, 0.1) is 6.92 Å². The lowest BCUT2D eigenvalue weighted by atomic mass is 10.1. The molecule has 0 bridgehead atoms. The minimum absolute atomic E-state index is 0.0134. The number of hydrogen-bond donors (Lipinski definition) is 1. The normalized spacial score (nSPS) is 10.4. The van der Waals surface area contributed by atoms with Crippen molar-refractivity contribution in [1.29, 1.82) is 0 Å². The van der Waals surface area contributed by atoms with Crippen molar-refractivity contribution >= 4 is 23.2 Å². The van der Waals surface area contributed by atoms with Crippen LogP contribution < -0.4 is 5.73 Å². The molecule has 2 rings (SSSR count). The topological polar surface area (TPSA) is 46.3 Å². The van der Waals surface area contributed by atoms with Crippen molar-refractivity contribution in [2.45, 2.75) is 20.4 Å². The summed E-state index contributed by atoms with van der Waals surface area (Å²) < 4.78 is 0. The van der Waals surface area contributed by atoms with Gasteiger partial charge in [0.05, 0.1) is 0 Å². The molecule has 0 aliphatic carbocycles. The molecule has 4 heteroatoms. The predicted molar refractivity (Wildman–Crippen MR) is 87.5 cm³/mol. The van der Waals surface area contributed by atoms with Gasteiger partial charge in [-0.3, -0.25) is 4.79 Å². The molecule has 0 aliphatic heterocycles. The number of halogens is 1. The number of nitrogen functional groups attached to an aromatic ring is 1. The number of nitrogens with zero attached hydrogens (tertiary/aromatic N) is 1. The molecule has 3 nitrogen and oxygen atoms in total. The smallest absolute Gasteiger partial charge is 0.254 e. The maximum atomic E-state index is 12.6. The van der Waals surface area contributed by atoms with Gasteiger partial charge in [-0.25, -0.2) is 0 Å². The van der Waals surface area contributed by atoms with Crippen LogP contribution in [0.3, 0.4) is 0 Å². The molecule has 2 aromatic rings. The van der Waals surface area contributed by atoms with Gasteiger partial charge in [-0.15, -0.1) is 0 Å². The quantitative estimate of drug-likeness (QED) is 0.871. The lowest BCUT2D eigenvalue weighted by Gasteiger charge is -2.22. The van der Waals surface area contributed by atoms with Crippen LogP contribution in [0.4, 0.5) is 5.69 Å².